The summed E-state index contributed by atoms with van der Waals surface area (Å²) in [5.41, 5.74) is 3.84. The highest BCUT2D eigenvalue weighted by Gasteiger charge is 2.27. The summed E-state index contributed by atoms with van der Waals surface area (Å²) < 4.78 is 5.42. The number of nitrogens with zero attached hydrogens (tertiary/aromatic N) is 2. The van der Waals surface area contributed by atoms with Crippen molar-refractivity contribution < 1.29 is 9.53 Å². The third kappa shape index (κ3) is 6.41. The lowest BCUT2D eigenvalue weighted by atomic mass is 9.85. The zero-order chi connectivity index (χ0) is 22.9. The summed E-state index contributed by atoms with van der Waals surface area (Å²) in [4.78, 5) is 22.6. The van der Waals surface area contributed by atoms with E-state index in [2.05, 4.69) is 17.4 Å². The Morgan fingerprint density at radius 3 is 2.42 bits per heavy atom. The van der Waals surface area contributed by atoms with E-state index in [9.17, 15) is 4.79 Å². The number of hydrogen-bond donors (Lipinski definition) is 1. The summed E-state index contributed by atoms with van der Waals surface area (Å²) in [6.45, 7) is 2.22. The second-order valence-electron chi connectivity index (χ2n) is 8.77. The molecule has 33 heavy (non-hydrogen) atoms. The predicted octanol–water partition coefficient (Wildman–Crippen LogP) is 6.05. The van der Waals surface area contributed by atoms with Gasteiger partial charge in [0.2, 0.25) is 0 Å². The molecule has 2 aromatic carbocycles. The molecule has 0 aliphatic heterocycles. The molecule has 1 aliphatic rings. The second-order valence-corrected chi connectivity index (χ2v) is 8.77. The van der Waals surface area contributed by atoms with Crippen LogP contribution in [-0.2, 0) is 16.0 Å². The van der Waals surface area contributed by atoms with Crippen molar-refractivity contribution in [1.29, 1.82) is 0 Å². The van der Waals surface area contributed by atoms with Gasteiger partial charge in [-0.3, -0.25) is 0 Å². The van der Waals surface area contributed by atoms with Gasteiger partial charge in [-0.15, -0.1) is 0 Å². The van der Waals surface area contributed by atoms with Crippen LogP contribution in [0.2, 0.25) is 0 Å². The Bertz CT molecular complexity index is 1020. The Hall–Kier alpha value is -3.21. The summed E-state index contributed by atoms with van der Waals surface area (Å²) in [6.07, 6.45) is 9.31. The number of carbonyl (C=O) groups is 1. The minimum atomic E-state index is -0.417. The van der Waals surface area contributed by atoms with Gasteiger partial charge in [-0.25, -0.2) is 14.8 Å². The third-order valence-electron chi connectivity index (χ3n) is 6.30. The highest BCUT2D eigenvalue weighted by atomic mass is 16.5. The topological polar surface area (TPSA) is 64.1 Å². The molecule has 1 heterocycles. The maximum absolute atomic E-state index is 12.8. The molecule has 5 nitrogen and oxygen atoms in total. The highest BCUT2D eigenvalue weighted by molar-refractivity contribution is 5.79. The number of rotatable bonds is 9. The van der Waals surface area contributed by atoms with E-state index in [4.69, 9.17) is 14.7 Å². The molecule has 0 radical (unpaired) electrons. The number of esters is 1. The van der Waals surface area contributed by atoms with Gasteiger partial charge in [-0.05, 0) is 24.8 Å². The van der Waals surface area contributed by atoms with E-state index in [0.717, 1.165) is 28.9 Å². The van der Waals surface area contributed by atoms with E-state index < -0.39 is 6.04 Å². The van der Waals surface area contributed by atoms with Crippen molar-refractivity contribution in [3.05, 3.63) is 78.1 Å². The van der Waals surface area contributed by atoms with Crippen molar-refractivity contribution in [2.75, 3.05) is 11.9 Å². The minimum absolute atomic E-state index is 0.206. The minimum Gasteiger partial charge on any atom is -0.464 e. The second kappa shape index (κ2) is 11.6. The monoisotopic (exact) mass is 443 g/mol. The molecular formula is C28H33N3O2. The van der Waals surface area contributed by atoms with Gasteiger partial charge in [0.1, 0.15) is 11.9 Å². The van der Waals surface area contributed by atoms with Crippen LogP contribution < -0.4 is 5.32 Å². The van der Waals surface area contributed by atoms with Gasteiger partial charge in [0.05, 0.1) is 24.2 Å². The number of nitrogens with one attached hydrogen (secondary N) is 1. The fourth-order valence-corrected chi connectivity index (χ4v) is 4.59. The smallest absolute Gasteiger partial charge is 0.328 e. The summed E-state index contributed by atoms with van der Waals surface area (Å²) in [7, 11) is 0. The van der Waals surface area contributed by atoms with Gasteiger partial charge in [0, 0.05) is 12.0 Å². The van der Waals surface area contributed by atoms with Gasteiger partial charge in [-0.1, -0.05) is 92.8 Å². The summed E-state index contributed by atoms with van der Waals surface area (Å²) >= 11 is 0. The predicted molar refractivity (Wildman–Crippen MR) is 132 cm³/mol. The van der Waals surface area contributed by atoms with Crippen LogP contribution in [0.4, 0.5) is 5.82 Å². The quantitative estimate of drug-likeness (QED) is 0.408. The average molecular weight is 444 g/mol. The van der Waals surface area contributed by atoms with Crippen LogP contribution in [0.5, 0.6) is 0 Å². The molecule has 5 heteroatoms. The van der Waals surface area contributed by atoms with E-state index in [-0.39, 0.29) is 5.97 Å². The molecule has 1 unspecified atom stereocenters. The van der Waals surface area contributed by atoms with Crippen molar-refractivity contribution in [3.63, 3.8) is 0 Å². The van der Waals surface area contributed by atoms with Crippen molar-refractivity contribution in [2.24, 2.45) is 5.92 Å². The number of ether oxygens (including phenoxy) is 1. The molecule has 1 aromatic heterocycles. The Morgan fingerprint density at radius 1 is 1.03 bits per heavy atom. The Labute approximate surface area is 196 Å². The molecule has 1 N–H and O–H groups in total. The van der Waals surface area contributed by atoms with E-state index >= 15 is 0 Å². The molecule has 0 spiro atoms. The summed E-state index contributed by atoms with van der Waals surface area (Å²) in [6, 6.07) is 19.9. The number of carbonyl (C=O) groups excluding carboxylic acids is 1. The van der Waals surface area contributed by atoms with Crippen LogP contribution in [0.25, 0.3) is 11.3 Å². The zero-order valence-electron chi connectivity index (χ0n) is 19.4. The molecule has 0 bridgehead atoms. The van der Waals surface area contributed by atoms with Crippen molar-refractivity contribution in [2.45, 2.75) is 57.9 Å². The number of hydrogen-bond acceptors (Lipinski definition) is 5. The molecular weight excluding hydrogens is 410 g/mol. The highest BCUT2D eigenvalue weighted by Crippen LogP contribution is 2.29. The first kappa shape index (κ1) is 23.0. The Balaban J connectivity index is 1.63. The van der Waals surface area contributed by atoms with E-state index in [1.54, 1.807) is 6.20 Å². The lowest BCUT2D eigenvalue weighted by Crippen LogP contribution is -2.35. The molecule has 1 fully saturated rings. The van der Waals surface area contributed by atoms with Crippen LogP contribution in [0.1, 0.15) is 56.7 Å². The molecule has 1 saturated carbocycles. The van der Waals surface area contributed by atoms with Crippen molar-refractivity contribution in [1.82, 2.24) is 9.97 Å². The van der Waals surface area contributed by atoms with Crippen molar-refractivity contribution >= 4 is 11.8 Å². The van der Waals surface area contributed by atoms with Crippen molar-refractivity contribution in [3.8, 4) is 11.3 Å². The van der Waals surface area contributed by atoms with Gasteiger partial charge in [0.15, 0.2) is 0 Å². The molecule has 1 atom stereocenters. The number of benzene rings is 2. The first-order valence-electron chi connectivity index (χ1n) is 12.1. The Morgan fingerprint density at radius 2 is 1.73 bits per heavy atom. The maximum Gasteiger partial charge on any atom is 0.328 e. The average Bonchev–Trinajstić information content (AvgIpc) is 2.86. The van der Waals surface area contributed by atoms with Crippen LogP contribution >= 0.6 is 0 Å². The lowest BCUT2D eigenvalue weighted by molar-refractivity contribution is -0.144. The number of anilines is 1. The van der Waals surface area contributed by atoms with Crippen LogP contribution in [0.3, 0.4) is 0 Å². The molecule has 1 aliphatic carbocycles. The summed E-state index contributed by atoms with van der Waals surface area (Å²) in [5, 5.41) is 3.43. The number of aromatic nitrogens is 2. The van der Waals surface area contributed by atoms with E-state index in [1.807, 2.05) is 55.5 Å². The van der Waals surface area contributed by atoms with Crippen LogP contribution in [0, 0.1) is 5.92 Å². The Kier molecular flexibility index (Phi) is 8.07. The molecule has 0 saturated heterocycles. The van der Waals surface area contributed by atoms with Gasteiger partial charge in [0.25, 0.3) is 0 Å². The fraction of sp³-hybridized carbons (Fsp3) is 0.393. The van der Waals surface area contributed by atoms with Crippen LogP contribution in [-0.4, -0.2) is 28.6 Å². The largest absolute Gasteiger partial charge is 0.464 e. The summed E-state index contributed by atoms with van der Waals surface area (Å²) in [5.74, 6) is 0.991. The maximum atomic E-state index is 12.8. The van der Waals surface area contributed by atoms with Gasteiger partial charge >= 0.3 is 5.97 Å². The first-order chi connectivity index (χ1) is 16.2. The first-order valence-corrected chi connectivity index (χ1v) is 12.1. The molecule has 4 rings (SSSR count). The zero-order valence-corrected chi connectivity index (χ0v) is 19.4. The molecule has 3 aromatic rings. The van der Waals surface area contributed by atoms with E-state index in [1.165, 1.54) is 32.1 Å². The van der Waals surface area contributed by atoms with Crippen LogP contribution in [0.15, 0.2) is 66.9 Å². The third-order valence-corrected chi connectivity index (χ3v) is 6.30. The normalized spacial score (nSPS) is 15.1. The standard InChI is InChI=1S/C28H33N3O2/c1-2-33-28(32)25(19-22-14-8-4-9-15-22)31-27-24(18-21-12-6-3-7-13-21)30-26(20-29-27)23-16-10-5-11-17-23/h3,5-7,10-13,16-17,20,22,25H,2,4,8-9,14-15,18-19H2,1H3,(H,29,31). The van der Waals surface area contributed by atoms with Gasteiger partial charge in [-0.2, -0.15) is 0 Å². The SMILES string of the molecule is CCOC(=O)C(CC1CCCCC1)Nc1ncc(-c2ccccc2)nc1Cc1ccccc1. The lowest BCUT2D eigenvalue weighted by Gasteiger charge is -2.27. The fourth-order valence-electron chi connectivity index (χ4n) is 4.59. The van der Waals surface area contributed by atoms with Gasteiger partial charge < -0.3 is 10.1 Å². The molecule has 172 valence electrons. The molecule has 0 amide bonds. The van der Waals surface area contributed by atoms with E-state index in [0.29, 0.717) is 24.8 Å².